The van der Waals surface area contributed by atoms with Crippen LogP contribution in [0.25, 0.3) is 6.08 Å². The summed E-state index contributed by atoms with van der Waals surface area (Å²) in [6, 6.07) is 16.7. The molecule has 1 heterocycles. The number of hydrogen-bond donors (Lipinski definition) is 0. The number of nitrogens with zero attached hydrogens (tertiary/aromatic N) is 3. The van der Waals surface area contributed by atoms with Crippen LogP contribution in [0.4, 0.5) is 11.4 Å². The third-order valence-electron chi connectivity index (χ3n) is 5.13. The predicted octanol–water partition coefficient (Wildman–Crippen LogP) is 6.16. The van der Waals surface area contributed by atoms with Crippen molar-refractivity contribution in [2.45, 2.75) is 6.92 Å². The summed E-state index contributed by atoms with van der Waals surface area (Å²) in [4.78, 5) is 30.3. The second kappa shape index (κ2) is 9.17. The van der Waals surface area contributed by atoms with Crippen molar-refractivity contribution < 1.29 is 14.5 Å². The highest BCUT2D eigenvalue weighted by Crippen LogP contribution is 2.35. The number of methoxy groups -OCH3 is 1. The maximum Gasteiger partial charge on any atom is 0.282 e. The molecule has 0 aliphatic carbocycles. The van der Waals surface area contributed by atoms with Crippen LogP contribution in [0.5, 0.6) is 5.75 Å². The largest absolute Gasteiger partial charge is 0.496 e. The number of anilines is 1. The van der Waals surface area contributed by atoms with Gasteiger partial charge in [-0.3, -0.25) is 19.8 Å². The van der Waals surface area contributed by atoms with Crippen LogP contribution in [0.3, 0.4) is 0 Å². The summed E-state index contributed by atoms with van der Waals surface area (Å²) < 4.78 is 6.01. The van der Waals surface area contributed by atoms with Gasteiger partial charge in [0.1, 0.15) is 17.3 Å². The van der Waals surface area contributed by atoms with Gasteiger partial charge >= 0.3 is 0 Å². The Kier molecular flexibility index (Phi) is 6.31. The Labute approximate surface area is 203 Å². The van der Waals surface area contributed by atoms with Crippen molar-refractivity contribution in [1.82, 2.24) is 0 Å². The Balaban J connectivity index is 1.87. The second-order valence-electron chi connectivity index (χ2n) is 7.19. The number of carbonyl (C=O) groups excluding carboxylic acids is 1. The van der Waals surface area contributed by atoms with E-state index in [9.17, 15) is 14.9 Å². The van der Waals surface area contributed by atoms with Crippen LogP contribution in [0, 0.1) is 17.0 Å². The molecule has 33 heavy (non-hydrogen) atoms. The van der Waals surface area contributed by atoms with Gasteiger partial charge in [-0.05, 0) is 70.4 Å². The minimum Gasteiger partial charge on any atom is -0.496 e. The number of amidine groups is 1. The Morgan fingerprint density at radius 1 is 1.15 bits per heavy atom. The number of ether oxygens (including phenoxy) is 1. The zero-order chi connectivity index (χ0) is 23.7. The molecule has 0 radical (unpaired) electrons. The lowest BCUT2D eigenvalue weighted by Gasteiger charge is -2.21. The smallest absolute Gasteiger partial charge is 0.282 e. The SMILES string of the molecule is COc1ccc(C2=N/C(=C\c3cccc([N+](=O)[O-])c3)C(=O)N2c2cccc(Cl)c2C)cc1Br. The van der Waals surface area contributed by atoms with Crippen LogP contribution < -0.4 is 9.64 Å². The van der Waals surface area contributed by atoms with Gasteiger partial charge in [0.15, 0.2) is 0 Å². The van der Waals surface area contributed by atoms with E-state index in [1.807, 2.05) is 13.0 Å². The number of nitro benzene ring substituents is 1. The molecule has 0 saturated heterocycles. The topological polar surface area (TPSA) is 85.0 Å². The first-order valence-corrected chi connectivity index (χ1v) is 11.0. The van der Waals surface area contributed by atoms with Gasteiger partial charge in [0.25, 0.3) is 11.6 Å². The van der Waals surface area contributed by atoms with Gasteiger partial charge in [-0.2, -0.15) is 0 Å². The van der Waals surface area contributed by atoms with Crippen LogP contribution in [0.2, 0.25) is 5.02 Å². The average Bonchev–Trinajstić information content (AvgIpc) is 3.11. The zero-order valence-electron chi connectivity index (χ0n) is 17.6. The van der Waals surface area contributed by atoms with Gasteiger partial charge in [0, 0.05) is 22.7 Å². The van der Waals surface area contributed by atoms with Gasteiger partial charge in [-0.25, -0.2) is 4.99 Å². The van der Waals surface area contributed by atoms with Gasteiger partial charge in [0.05, 0.1) is 22.2 Å². The van der Waals surface area contributed by atoms with Crippen molar-refractivity contribution in [3.8, 4) is 5.75 Å². The number of aliphatic imine (C=N–C) groups is 1. The number of nitro groups is 1. The fourth-order valence-electron chi connectivity index (χ4n) is 3.46. The summed E-state index contributed by atoms with van der Waals surface area (Å²) in [5.41, 5.74) is 2.58. The molecule has 166 valence electrons. The number of halogens is 2. The molecule has 0 N–H and O–H groups in total. The van der Waals surface area contributed by atoms with Crippen molar-refractivity contribution in [1.29, 1.82) is 0 Å². The summed E-state index contributed by atoms with van der Waals surface area (Å²) >= 11 is 9.81. The Morgan fingerprint density at radius 2 is 1.91 bits per heavy atom. The number of benzene rings is 3. The Morgan fingerprint density at radius 3 is 2.61 bits per heavy atom. The van der Waals surface area contributed by atoms with E-state index in [0.717, 1.165) is 5.56 Å². The van der Waals surface area contributed by atoms with Crippen LogP contribution in [-0.2, 0) is 4.79 Å². The molecule has 3 aromatic carbocycles. The number of amides is 1. The minimum absolute atomic E-state index is 0.0689. The van der Waals surface area contributed by atoms with Crippen molar-refractivity contribution in [3.05, 3.63) is 103 Å². The standard InChI is InChI=1S/C24H17BrClN3O4/c1-14-19(26)7-4-8-21(14)28-23(16-9-10-22(33-2)18(25)13-16)27-20(24(28)30)12-15-5-3-6-17(11-15)29(31)32/h3-13H,1-2H3/b20-12-. The molecular weight excluding hydrogens is 510 g/mol. The molecule has 0 atom stereocenters. The number of non-ortho nitro benzene ring substituents is 1. The molecular formula is C24H17BrClN3O4. The summed E-state index contributed by atoms with van der Waals surface area (Å²) in [5, 5.41) is 11.7. The molecule has 0 aromatic heterocycles. The quantitative estimate of drug-likeness (QED) is 0.226. The first-order valence-electron chi connectivity index (χ1n) is 9.78. The van der Waals surface area contributed by atoms with Gasteiger partial charge in [0.2, 0.25) is 0 Å². The molecule has 9 heteroatoms. The molecule has 3 aromatic rings. The maximum absolute atomic E-state index is 13.5. The first kappa shape index (κ1) is 22.7. The summed E-state index contributed by atoms with van der Waals surface area (Å²) in [6.07, 6.45) is 1.54. The van der Waals surface area contributed by atoms with E-state index in [1.165, 1.54) is 23.1 Å². The van der Waals surface area contributed by atoms with Gasteiger partial charge < -0.3 is 4.74 Å². The van der Waals surface area contributed by atoms with Crippen molar-refractivity contribution >= 4 is 56.7 Å². The lowest BCUT2D eigenvalue weighted by atomic mass is 10.1. The lowest BCUT2D eigenvalue weighted by Crippen LogP contribution is -2.33. The van der Waals surface area contributed by atoms with E-state index in [2.05, 4.69) is 20.9 Å². The molecule has 0 spiro atoms. The number of carbonyl (C=O) groups is 1. The zero-order valence-corrected chi connectivity index (χ0v) is 19.9. The van der Waals surface area contributed by atoms with Gasteiger partial charge in [-0.1, -0.05) is 29.8 Å². The van der Waals surface area contributed by atoms with Crippen LogP contribution >= 0.6 is 27.5 Å². The molecule has 1 amide bonds. The Hall–Kier alpha value is -3.49. The fraction of sp³-hybridized carbons (Fsp3) is 0.0833. The molecule has 7 nitrogen and oxygen atoms in total. The van der Waals surface area contributed by atoms with Crippen molar-refractivity contribution in [2.24, 2.45) is 4.99 Å². The fourth-order valence-corrected chi connectivity index (χ4v) is 4.17. The number of hydrogen-bond acceptors (Lipinski definition) is 5. The molecule has 0 fully saturated rings. The van der Waals surface area contributed by atoms with E-state index in [0.29, 0.717) is 37.9 Å². The third-order valence-corrected chi connectivity index (χ3v) is 6.16. The highest BCUT2D eigenvalue weighted by molar-refractivity contribution is 9.10. The average molecular weight is 527 g/mol. The van der Waals surface area contributed by atoms with Crippen LogP contribution in [0.1, 0.15) is 16.7 Å². The van der Waals surface area contributed by atoms with Crippen LogP contribution in [0.15, 0.2) is 75.8 Å². The van der Waals surface area contributed by atoms with E-state index >= 15 is 0 Å². The molecule has 1 aliphatic rings. The monoisotopic (exact) mass is 525 g/mol. The number of rotatable bonds is 5. The van der Waals surface area contributed by atoms with E-state index in [1.54, 1.807) is 49.6 Å². The molecule has 0 bridgehead atoms. The maximum atomic E-state index is 13.5. The normalized spacial score (nSPS) is 14.5. The van der Waals surface area contributed by atoms with E-state index in [4.69, 9.17) is 16.3 Å². The van der Waals surface area contributed by atoms with Crippen molar-refractivity contribution in [2.75, 3.05) is 12.0 Å². The van der Waals surface area contributed by atoms with Crippen LogP contribution in [-0.4, -0.2) is 23.8 Å². The van der Waals surface area contributed by atoms with E-state index < -0.39 is 4.92 Å². The summed E-state index contributed by atoms with van der Waals surface area (Å²) in [5.74, 6) is 0.681. The molecule has 1 aliphatic heterocycles. The predicted molar refractivity (Wildman–Crippen MR) is 132 cm³/mol. The van der Waals surface area contributed by atoms with E-state index in [-0.39, 0.29) is 17.3 Å². The third kappa shape index (κ3) is 4.40. The van der Waals surface area contributed by atoms with Crippen molar-refractivity contribution in [3.63, 3.8) is 0 Å². The first-order chi connectivity index (χ1) is 15.8. The second-order valence-corrected chi connectivity index (χ2v) is 8.45. The highest BCUT2D eigenvalue weighted by Gasteiger charge is 2.34. The molecule has 0 unspecified atom stereocenters. The molecule has 4 rings (SSSR count). The highest BCUT2D eigenvalue weighted by atomic mass is 79.9. The molecule has 0 saturated carbocycles. The summed E-state index contributed by atoms with van der Waals surface area (Å²) in [6.45, 7) is 1.83. The van der Waals surface area contributed by atoms with Gasteiger partial charge in [-0.15, -0.1) is 0 Å². The lowest BCUT2D eigenvalue weighted by molar-refractivity contribution is -0.384. The minimum atomic E-state index is -0.482. The summed E-state index contributed by atoms with van der Waals surface area (Å²) in [7, 11) is 1.57. The Bertz CT molecular complexity index is 1350.